The van der Waals surface area contributed by atoms with Gasteiger partial charge in [-0.05, 0) is 56.9 Å². The smallest absolute Gasteiger partial charge is 0.0724 e. The van der Waals surface area contributed by atoms with E-state index < -0.39 is 0 Å². The third-order valence-electron chi connectivity index (χ3n) is 11.5. The highest BCUT2D eigenvalue weighted by Crippen LogP contribution is 2.49. The Morgan fingerprint density at radius 1 is 0.259 bits per heavy atom. The summed E-state index contributed by atoms with van der Waals surface area (Å²) in [4.78, 5) is 9.26. The van der Waals surface area contributed by atoms with Gasteiger partial charge in [0.15, 0.2) is 0 Å². The molecule has 0 aliphatic rings. The molecular weight excluding hydrogens is 657 g/mol. The number of hydrogen-bond acceptors (Lipinski definition) is 2. The molecule has 0 fully saturated rings. The molecule has 0 aliphatic heterocycles. The highest BCUT2D eigenvalue weighted by molar-refractivity contribution is 6.29. The van der Waals surface area contributed by atoms with Crippen LogP contribution in [0.2, 0.25) is 0 Å². The Kier molecular flexibility index (Phi) is 6.02. The number of fused-ring (bicyclic) bond motifs is 10. The minimum atomic E-state index is 1.10. The number of hydrogen-bond donors (Lipinski definition) is 0. The van der Waals surface area contributed by atoms with Crippen molar-refractivity contribution in [2.45, 2.75) is 0 Å². The fraction of sp³-hybridized carbons (Fsp3) is 0. The number of aromatic nitrogens is 4. The van der Waals surface area contributed by atoms with Crippen LogP contribution in [0.25, 0.3) is 109 Å². The molecule has 4 heteroatoms. The molecule has 0 spiro atoms. The molecule has 0 saturated carbocycles. The lowest BCUT2D eigenvalue weighted by Gasteiger charge is -2.23. The molecule has 0 N–H and O–H groups in total. The molecule has 0 amide bonds. The van der Waals surface area contributed by atoms with Gasteiger partial charge >= 0.3 is 0 Å². The molecule has 8 aromatic carbocycles. The van der Waals surface area contributed by atoms with Gasteiger partial charge in [0, 0.05) is 55.5 Å². The first kappa shape index (κ1) is 29.3. The molecule has 4 aromatic heterocycles. The summed E-state index contributed by atoms with van der Waals surface area (Å²) in [6, 6.07) is 57.5. The zero-order valence-electron chi connectivity index (χ0n) is 29.1. The molecule has 4 nitrogen and oxygen atoms in total. The summed E-state index contributed by atoms with van der Waals surface area (Å²) in [5.41, 5.74) is 9.37. The molecule has 0 saturated heterocycles. The van der Waals surface area contributed by atoms with Crippen molar-refractivity contribution in [3.63, 3.8) is 0 Å². The molecule has 0 unspecified atom stereocenters. The van der Waals surface area contributed by atoms with Crippen LogP contribution in [0.4, 0.5) is 0 Å². The number of para-hydroxylation sites is 2. The Hall–Kier alpha value is -7.30. The van der Waals surface area contributed by atoms with Crippen molar-refractivity contribution in [1.82, 2.24) is 19.1 Å². The zero-order valence-corrected chi connectivity index (χ0v) is 29.1. The quantitative estimate of drug-likeness (QED) is 0.173. The van der Waals surface area contributed by atoms with Gasteiger partial charge in [-0.3, -0.25) is 9.97 Å². The third-order valence-corrected chi connectivity index (χ3v) is 11.5. The molecule has 54 heavy (non-hydrogen) atoms. The lowest BCUT2D eigenvalue weighted by Crippen LogP contribution is -2.01. The molecule has 250 valence electrons. The van der Waals surface area contributed by atoms with Crippen LogP contribution in [-0.2, 0) is 0 Å². The predicted octanol–water partition coefficient (Wildman–Crippen LogP) is 13.0. The number of rotatable bonds is 3. The highest BCUT2D eigenvalue weighted by atomic mass is 15.0. The van der Waals surface area contributed by atoms with Crippen molar-refractivity contribution in [2.75, 3.05) is 0 Å². The Morgan fingerprint density at radius 2 is 0.537 bits per heavy atom. The van der Waals surface area contributed by atoms with Crippen LogP contribution in [0, 0.1) is 0 Å². The first-order valence-electron chi connectivity index (χ1n) is 18.4. The Balaban J connectivity index is 1.28. The second kappa shape index (κ2) is 11.1. The first-order valence-corrected chi connectivity index (χ1v) is 18.4. The van der Waals surface area contributed by atoms with Gasteiger partial charge in [-0.15, -0.1) is 0 Å². The van der Waals surface area contributed by atoms with Crippen molar-refractivity contribution < 1.29 is 0 Å². The van der Waals surface area contributed by atoms with E-state index in [2.05, 4.69) is 177 Å². The summed E-state index contributed by atoms with van der Waals surface area (Å²) in [5, 5.41) is 14.5. The summed E-state index contributed by atoms with van der Waals surface area (Å²) in [6.07, 6.45) is 7.82. The van der Waals surface area contributed by atoms with E-state index in [-0.39, 0.29) is 0 Å². The summed E-state index contributed by atoms with van der Waals surface area (Å²) < 4.78 is 4.86. The van der Waals surface area contributed by atoms with Gasteiger partial charge in [0.1, 0.15) is 0 Å². The van der Waals surface area contributed by atoms with Gasteiger partial charge in [-0.1, -0.05) is 133 Å². The van der Waals surface area contributed by atoms with Crippen molar-refractivity contribution in [3.8, 4) is 22.5 Å². The van der Waals surface area contributed by atoms with E-state index in [1.165, 1.54) is 98.2 Å². The first-order chi connectivity index (χ1) is 26.9. The fourth-order valence-electron chi connectivity index (χ4n) is 9.35. The normalized spacial score (nSPS) is 12.1. The largest absolute Gasteiger partial charge is 0.306 e. The van der Waals surface area contributed by atoms with Gasteiger partial charge in [0.25, 0.3) is 0 Å². The van der Waals surface area contributed by atoms with E-state index in [0.29, 0.717) is 0 Å². The lowest BCUT2D eigenvalue weighted by molar-refractivity contribution is 1.19. The molecular formula is C50H30N4. The molecule has 4 heterocycles. The molecule has 0 aliphatic carbocycles. The van der Waals surface area contributed by atoms with Gasteiger partial charge in [-0.25, -0.2) is 0 Å². The molecule has 0 bridgehead atoms. The van der Waals surface area contributed by atoms with Crippen LogP contribution in [-0.4, -0.2) is 19.1 Å². The van der Waals surface area contributed by atoms with Crippen LogP contribution < -0.4 is 0 Å². The standard InChI is InChI=1S/C50H30N4/c1-5-19-39-35(15-1)47(36-16-2-6-20-40(36)49(39)53-43-23-11-9-13-31(43)33-25-27-51-29-45(33)53)48-37-17-3-7-21-41(37)50(42-22-8-4-18-38(42)48)54-44-24-12-10-14-32(44)34-26-28-52-30-46(34)54/h1-30H. The van der Waals surface area contributed by atoms with Crippen LogP contribution in [0.15, 0.2) is 183 Å². The van der Waals surface area contributed by atoms with Crippen molar-refractivity contribution >= 4 is 86.7 Å². The average Bonchev–Trinajstić information content (AvgIpc) is 3.75. The summed E-state index contributed by atoms with van der Waals surface area (Å²) in [7, 11) is 0. The highest BCUT2D eigenvalue weighted by Gasteiger charge is 2.25. The predicted molar refractivity (Wildman–Crippen MR) is 226 cm³/mol. The van der Waals surface area contributed by atoms with E-state index in [1.807, 2.05) is 24.8 Å². The Morgan fingerprint density at radius 3 is 0.889 bits per heavy atom. The van der Waals surface area contributed by atoms with Gasteiger partial charge in [0.05, 0.1) is 45.8 Å². The summed E-state index contributed by atoms with van der Waals surface area (Å²) in [6.45, 7) is 0. The van der Waals surface area contributed by atoms with Gasteiger partial charge in [0.2, 0.25) is 0 Å². The molecule has 0 atom stereocenters. The second-order valence-corrected chi connectivity index (χ2v) is 14.1. The van der Waals surface area contributed by atoms with E-state index >= 15 is 0 Å². The van der Waals surface area contributed by atoms with Crippen LogP contribution in [0.3, 0.4) is 0 Å². The minimum absolute atomic E-state index is 1.10. The number of nitrogens with zero attached hydrogens (tertiary/aromatic N) is 4. The fourth-order valence-corrected chi connectivity index (χ4v) is 9.35. The maximum absolute atomic E-state index is 4.63. The number of benzene rings is 8. The van der Waals surface area contributed by atoms with Gasteiger partial charge < -0.3 is 9.13 Å². The number of pyridine rings is 2. The van der Waals surface area contributed by atoms with E-state index in [0.717, 1.165) is 11.0 Å². The molecule has 12 rings (SSSR count). The zero-order chi connectivity index (χ0) is 35.3. The maximum Gasteiger partial charge on any atom is 0.0724 e. The average molecular weight is 687 g/mol. The van der Waals surface area contributed by atoms with Crippen LogP contribution in [0.5, 0.6) is 0 Å². The Labute approximate surface area is 309 Å². The summed E-state index contributed by atoms with van der Waals surface area (Å²) >= 11 is 0. The minimum Gasteiger partial charge on any atom is -0.306 e. The maximum atomic E-state index is 4.63. The van der Waals surface area contributed by atoms with Gasteiger partial charge in [-0.2, -0.15) is 0 Å². The van der Waals surface area contributed by atoms with E-state index in [1.54, 1.807) is 0 Å². The molecule has 12 aromatic rings. The second-order valence-electron chi connectivity index (χ2n) is 14.1. The van der Waals surface area contributed by atoms with Crippen molar-refractivity contribution in [1.29, 1.82) is 0 Å². The lowest BCUT2D eigenvalue weighted by atomic mass is 9.84. The summed E-state index contributed by atoms with van der Waals surface area (Å²) in [5.74, 6) is 0. The Bertz CT molecular complexity index is 3060. The SMILES string of the molecule is c1ccc2c(-n3c4ccccc4c4ccncc43)c3ccccc3c(-c3c4ccccc4c(-n4c5ccccc5c5ccncc54)c4ccccc34)c2c1. The van der Waals surface area contributed by atoms with Crippen molar-refractivity contribution in [3.05, 3.63) is 183 Å². The molecule has 0 radical (unpaired) electrons. The van der Waals surface area contributed by atoms with E-state index in [9.17, 15) is 0 Å². The van der Waals surface area contributed by atoms with Crippen LogP contribution in [0.1, 0.15) is 0 Å². The third kappa shape index (κ3) is 3.86. The van der Waals surface area contributed by atoms with Crippen LogP contribution >= 0.6 is 0 Å². The topological polar surface area (TPSA) is 35.6 Å². The van der Waals surface area contributed by atoms with E-state index in [4.69, 9.17) is 0 Å². The van der Waals surface area contributed by atoms with Crippen molar-refractivity contribution in [2.24, 2.45) is 0 Å². The monoisotopic (exact) mass is 686 g/mol.